The van der Waals surface area contributed by atoms with Gasteiger partial charge in [0, 0.05) is 19.6 Å². The van der Waals surface area contributed by atoms with Crippen LogP contribution >= 0.6 is 0 Å². The van der Waals surface area contributed by atoms with Gasteiger partial charge < -0.3 is 9.84 Å². The highest BCUT2D eigenvalue weighted by Gasteiger charge is 2.10. The Kier molecular flexibility index (Phi) is 3.23. The largest absolute Gasteiger partial charge is 0.508 e. The molecule has 0 bridgehead atoms. The molecule has 1 N–H and O–H groups in total. The first-order chi connectivity index (χ1) is 7.25. The summed E-state index contributed by atoms with van der Waals surface area (Å²) < 4.78 is 5.30. The van der Waals surface area contributed by atoms with Gasteiger partial charge in [0.2, 0.25) is 0 Å². The van der Waals surface area contributed by atoms with Crippen molar-refractivity contribution in [2.75, 3.05) is 26.3 Å². The monoisotopic (exact) mass is 207 g/mol. The summed E-state index contributed by atoms with van der Waals surface area (Å²) in [5.74, 6) is 0.376. The van der Waals surface area contributed by atoms with Crippen LogP contribution in [0, 0.1) is 6.92 Å². The summed E-state index contributed by atoms with van der Waals surface area (Å²) in [6.45, 7) is 6.54. The molecule has 1 aromatic carbocycles. The first kappa shape index (κ1) is 10.5. The molecule has 1 aromatic rings. The molecular formula is C12H17NO2. The SMILES string of the molecule is Cc1cc(CN2CCOCC2)ccc1O. The van der Waals surface area contributed by atoms with Crippen molar-refractivity contribution < 1.29 is 9.84 Å². The third kappa shape index (κ3) is 2.70. The lowest BCUT2D eigenvalue weighted by Gasteiger charge is -2.26. The minimum atomic E-state index is 0.376. The number of hydrogen-bond acceptors (Lipinski definition) is 3. The minimum absolute atomic E-state index is 0.376. The van der Waals surface area contributed by atoms with Gasteiger partial charge in [-0.25, -0.2) is 0 Å². The predicted octanol–water partition coefficient (Wildman–Crippen LogP) is 1.53. The van der Waals surface area contributed by atoms with E-state index in [0.717, 1.165) is 38.4 Å². The number of phenols is 1. The molecule has 0 unspecified atom stereocenters. The molecule has 1 aliphatic rings. The lowest BCUT2D eigenvalue weighted by Crippen LogP contribution is -2.35. The van der Waals surface area contributed by atoms with E-state index < -0.39 is 0 Å². The van der Waals surface area contributed by atoms with Crippen LogP contribution in [0.4, 0.5) is 0 Å². The van der Waals surface area contributed by atoms with E-state index in [0.29, 0.717) is 5.75 Å². The lowest BCUT2D eigenvalue weighted by molar-refractivity contribution is 0.0342. The average molecular weight is 207 g/mol. The van der Waals surface area contributed by atoms with Crippen LogP contribution in [0.1, 0.15) is 11.1 Å². The van der Waals surface area contributed by atoms with Crippen molar-refractivity contribution in [3.63, 3.8) is 0 Å². The molecule has 1 fully saturated rings. The van der Waals surface area contributed by atoms with E-state index in [9.17, 15) is 5.11 Å². The van der Waals surface area contributed by atoms with E-state index in [1.807, 2.05) is 19.1 Å². The van der Waals surface area contributed by atoms with E-state index in [1.165, 1.54) is 5.56 Å². The molecule has 0 aromatic heterocycles. The maximum atomic E-state index is 9.42. The van der Waals surface area contributed by atoms with E-state index in [-0.39, 0.29) is 0 Å². The van der Waals surface area contributed by atoms with Crippen LogP contribution in [0.2, 0.25) is 0 Å². The van der Waals surface area contributed by atoms with Crippen molar-refractivity contribution in [1.82, 2.24) is 4.90 Å². The zero-order chi connectivity index (χ0) is 10.7. The van der Waals surface area contributed by atoms with Gasteiger partial charge in [0.1, 0.15) is 5.75 Å². The number of morpholine rings is 1. The van der Waals surface area contributed by atoms with Crippen LogP contribution in [0.3, 0.4) is 0 Å². The Morgan fingerprint density at radius 2 is 2.07 bits per heavy atom. The van der Waals surface area contributed by atoms with Crippen LogP contribution in [-0.2, 0) is 11.3 Å². The van der Waals surface area contributed by atoms with Crippen LogP contribution in [-0.4, -0.2) is 36.3 Å². The predicted molar refractivity (Wildman–Crippen MR) is 58.9 cm³/mol. The molecule has 3 nitrogen and oxygen atoms in total. The Morgan fingerprint density at radius 1 is 1.33 bits per heavy atom. The zero-order valence-electron chi connectivity index (χ0n) is 9.07. The second kappa shape index (κ2) is 4.64. The summed E-state index contributed by atoms with van der Waals surface area (Å²) in [5, 5.41) is 9.42. The highest BCUT2D eigenvalue weighted by molar-refractivity contribution is 5.34. The molecule has 0 atom stereocenters. The molecular weight excluding hydrogens is 190 g/mol. The molecule has 0 amide bonds. The summed E-state index contributed by atoms with van der Waals surface area (Å²) >= 11 is 0. The third-order valence-corrected chi connectivity index (χ3v) is 2.77. The summed E-state index contributed by atoms with van der Waals surface area (Å²) in [7, 11) is 0. The number of aryl methyl sites for hydroxylation is 1. The number of ether oxygens (including phenoxy) is 1. The van der Waals surface area contributed by atoms with Gasteiger partial charge in [-0.15, -0.1) is 0 Å². The van der Waals surface area contributed by atoms with Crippen molar-refractivity contribution in [2.24, 2.45) is 0 Å². The molecule has 3 heteroatoms. The fraction of sp³-hybridized carbons (Fsp3) is 0.500. The maximum absolute atomic E-state index is 9.42. The normalized spacial score (nSPS) is 17.9. The van der Waals surface area contributed by atoms with Crippen molar-refractivity contribution >= 4 is 0 Å². The fourth-order valence-electron chi connectivity index (χ4n) is 1.83. The maximum Gasteiger partial charge on any atom is 0.118 e. The second-order valence-electron chi connectivity index (χ2n) is 4.01. The topological polar surface area (TPSA) is 32.7 Å². The fourth-order valence-corrected chi connectivity index (χ4v) is 1.83. The number of nitrogens with zero attached hydrogens (tertiary/aromatic N) is 1. The van der Waals surface area contributed by atoms with E-state index in [1.54, 1.807) is 6.07 Å². The van der Waals surface area contributed by atoms with Crippen LogP contribution in [0.5, 0.6) is 5.75 Å². The van der Waals surface area contributed by atoms with Crippen molar-refractivity contribution in [3.05, 3.63) is 29.3 Å². The Hall–Kier alpha value is -1.06. The number of aromatic hydroxyl groups is 1. The van der Waals surface area contributed by atoms with Crippen molar-refractivity contribution in [1.29, 1.82) is 0 Å². The number of hydrogen-bond donors (Lipinski definition) is 1. The molecule has 1 saturated heterocycles. The average Bonchev–Trinajstić information content (AvgIpc) is 2.25. The number of benzene rings is 1. The highest BCUT2D eigenvalue weighted by Crippen LogP contribution is 2.18. The van der Waals surface area contributed by atoms with Gasteiger partial charge in [-0.3, -0.25) is 4.90 Å². The second-order valence-corrected chi connectivity index (χ2v) is 4.01. The van der Waals surface area contributed by atoms with Gasteiger partial charge in [0.05, 0.1) is 13.2 Å². The van der Waals surface area contributed by atoms with Gasteiger partial charge in [0.25, 0.3) is 0 Å². The van der Waals surface area contributed by atoms with Crippen molar-refractivity contribution in [3.8, 4) is 5.75 Å². The molecule has 0 spiro atoms. The molecule has 1 aliphatic heterocycles. The van der Waals surface area contributed by atoms with E-state index in [4.69, 9.17) is 4.74 Å². The van der Waals surface area contributed by atoms with Gasteiger partial charge >= 0.3 is 0 Å². The quantitative estimate of drug-likeness (QED) is 0.798. The van der Waals surface area contributed by atoms with Gasteiger partial charge in [0.15, 0.2) is 0 Å². The van der Waals surface area contributed by atoms with Gasteiger partial charge in [-0.05, 0) is 24.1 Å². The Bertz CT molecular complexity index is 332. The molecule has 0 saturated carbocycles. The number of phenolic OH excluding ortho intramolecular Hbond substituents is 1. The zero-order valence-corrected chi connectivity index (χ0v) is 9.07. The Morgan fingerprint density at radius 3 is 2.73 bits per heavy atom. The standard InChI is InChI=1S/C12H17NO2/c1-10-8-11(2-3-12(10)14)9-13-4-6-15-7-5-13/h2-3,8,14H,4-7,9H2,1H3. The summed E-state index contributed by atoms with van der Waals surface area (Å²) in [4.78, 5) is 2.37. The summed E-state index contributed by atoms with van der Waals surface area (Å²) in [5.41, 5.74) is 2.20. The molecule has 2 rings (SSSR count). The smallest absolute Gasteiger partial charge is 0.118 e. The molecule has 1 heterocycles. The van der Waals surface area contributed by atoms with Crippen LogP contribution in [0.25, 0.3) is 0 Å². The van der Waals surface area contributed by atoms with E-state index >= 15 is 0 Å². The highest BCUT2D eigenvalue weighted by atomic mass is 16.5. The van der Waals surface area contributed by atoms with Crippen molar-refractivity contribution in [2.45, 2.75) is 13.5 Å². The summed E-state index contributed by atoms with van der Waals surface area (Å²) in [6.07, 6.45) is 0. The number of rotatable bonds is 2. The third-order valence-electron chi connectivity index (χ3n) is 2.77. The summed E-state index contributed by atoms with van der Waals surface area (Å²) in [6, 6.07) is 5.80. The van der Waals surface area contributed by atoms with Gasteiger partial charge in [-0.1, -0.05) is 12.1 Å². The molecule has 0 aliphatic carbocycles. The van der Waals surface area contributed by atoms with Crippen LogP contribution < -0.4 is 0 Å². The lowest BCUT2D eigenvalue weighted by atomic mass is 10.1. The molecule has 0 radical (unpaired) electrons. The molecule has 15 heavy (non-hydrogen) atoms. The van der Waals surface area contributed by atoms with Gasteiger partial charge in [-0.2, -0.15) is 0 Å². The van der Waals surface area contributed by atoms with E-state index in [2.05, 4.69) is 4.90 Å². The van der Waals surface area contributed by atoms with Crippen LogP contribution in [0.15, 0.2) is 18.2 Å². The Labute approximate surface area is 90.3 Å². The first-order valence-electron chi connectivity index (χ1n) is 5.34. The molecule has 82 valence electrons. The minimum Gasteiger partial charge on any atom is -0.508 e. The first-order valence-corrected chi connectivity index (χ1v) is 5.34. The Balaban J connectivity index is 2.00.